The molecule has 2 aliphatic heterocycles. The number of carbonyl (C=O) groups is 2. The molecule has 10 heteroatoms. The van der Waals surface area contributed by atoms with Gasteiger partial charge < -0.3 is 14.7 Å². The number of ether oxygens (including phenoxy) is 1. The third-order valence-corrected chi connectivity index (χ3v) is 6.74. The quantitative estimate of drug-likeness (QED) is 0.732. The van der Waals surface area contributed by atoms with E-state index in [1.54, 1.807) is 12.4 Å². The minimum absolute atomic E-state index is 0.149. The van der Waals surface area contributed by atoms with E-state index in [1.165, 1.54) is 0 Å². The van der Waals surface area contributed by atoms with Crippen molar-refractivity contribution in [2.45, 2.75) is 37.0 Å². The van der Waals surface area contributed by atoms with E-state index < -0.39 is 12.1 Å². The summed E-state index contributed by atoms with van der Waals surface area (Å²) in [6.45, 7) is 4.32. The number of amides is 1. The van der Waals surface area contributed by atoms with Crippen LogP contribution < -0.4 is 0 Å². The Morgan fingerprint density at radius 2 is 1.91 bits per heavy atom. The molecule has 0 aliphatic carbocycles. The molecular formula is C22H23F3N2O4S. The maximum Gasteiger partial charge on any atom is 0.490 e. The van der Waals surface area contributed by atoms with E-state index in [0.29, 0.717) is 6.61 Å². The first kappa shape index (κ1) is 24.1. The maximum atomic E-state index is 12.6. The number of likely N-dealkylation sites (tertiary alicyclic amines) is 1. The highest BCUT2D eigenvalue weighted by molar-refractivity contribution is 8.01. The van der Waals surface area contributed by atoms with Crippen LogP contribution in [0.25, 0.3) is 0 Å². The third-order valence-electron chi connectivity index (χ3n) is 5.16. The molecule has 1 aromatic carbocycles. The molecule has 4 rings (SSSR count). The van der Waals surface area contributed by atoms with E-state index >= 15 is 0 Å². The largest absolute Gasteiger partial charge is 0.490 e. The molecule has 1 amide bonds. The molecule has 2 aliphatic rings. The lowest BCUT2D eigenvalue weighted by Crippen LogP contribution is -2.60. The highest BCUT2D eigenvalue weighted by Crippen LogP contribution is 2.46. The standard InChI is InChI=1S/C20H22N2O2S.C2HF3O2/c1-15-3-2-4-17(9-15)19(23)22-13-20(14-22)10-18(12-25-20)24-11-16-5-7-21-8-6-16;3-2(4,5)1(6)7/h2-9,18H,10-14H2,1H3;(H,6,7). The summed E-state index contributed by atoms with van der Waals surface area (Å²) < 4.78 is 38.0. The van der Waals surface area contributed by atoms with Crippen LogP contribution in [0.4, 0.5) is 13.2 Å². The molecule has 2 saturated heterocycles. The predicted molar refractivity (Wildman–Crippen MR) is 113 cm³/mol. The minimum Gasteiger partial charge on any atom is -0.475 e. The van der Waals surface area contributed by atoms with E-state index in [-0.39, 0.29) is 16.8 Å². The van der Waals surface area contributed by atoms with Crippen molar-refractivity contribution < 1.29 is 32.6 Å². The number of pyridine rings is 1. The van der Waals surface area contributed by atoms with Crippen molar-refractivity contribution in [1.29, 1.82) is 0 Å². The number of aliphatic carboxylic acids is 1. The second-order valence-corrected chi connectivity index (χ2v) is 9.31. The van der Waals surface area contributed by atoms with Crippen molar-refractivity contribution >= 4 is 23.6 Å². The first-order valence-corrected chi connectivity index (χ1v) is 10.9. The van der Waals surface area contributed by atoms with E-state index in [2.05, 4.69) is 4.98 Å². The highest BCUT2D eigenvalue weighted by atomic mass is 32.2. The Hall–Kier alpha value is -2.59. The molecular weight excluding hydrogens is 445 g/mol. The monoisotopic (exact) mass is 468 g/mol. The Morgan fingerprint density at radius 1 is 1.25 bits per heavy atom. The first-order valence-electron chi connectivity index (χ1n) is 9.88. The van der Waals surface area contributed by atoms with Gasteiger partial charge in [0.1, 0.15) is 0 Å². The highest BCUT2D eigenvalue weighted by Gasteiger charge is 2.51. The average Bonchev–Trinajstić information content (AvgIpc) is 3.16. The summed E-state index contributed by atoms with van der Waals surface area (Å²) in [5, 5.41) is 7.12. The van der Waals surface area contributed by atoms with Crippen LogP contribution in [-0.2, 0) is 16.1 Å². The lowest BCUT2D eigenvalue weighted by Gasteiger charge is -2.47. The fourth-order valence-electron chi connectivity index (χ4n) is 3.58. The lowest BCUT2D eigenvalue weighted by molar-refractivity contribution is -0.192. The molecule has 1 spiro atoms. The number of thioether (sulfide) groups is 1. The molecule has 1 N–H and O–H groups in total. The number of rotatable bonds is 4. The molecule has 2 fully saturated rings. The number of benzene rings is 1. The summed E-state index contributed by atoms with van der Waals surface area (Å²) in [5.74, 6) is -1.60. The zero-order chi connectivity index (χ0) is 23.4. The van der Waals surface area contributed by atoms with E-state index in [0.717, 1.165) is 42.0 Å². The van der Waals surface area contributed by atoms with Gasteiger partial charge in [0.05, 0.1) is 17.5 Å². The third kappa shape index (κ3) is 6.23. The SMILES string of the molecule is Cc1cccc(C(=O)N2CC3(CC(OCc4ccncc4)CS3)C2)c1.O=C(O)C(F)(F)F. The number of nitrogens with zero attached hydrogens (tertiary/aromatic N) is 2. The molecule has 0 bridgehead atoms. The topological polar surface area (TPSA) is 79.7 Å². The fourth-order valence-corrected chi connectivity index (χ4v) is 5.13. The van der Waals surface area contributed by atoms with Crippen molar-refractivity contribution in [3.8, 4) is 0 Å². The molecule has 1 unspecified atom stereocenters. The summed E-state index contributed by atoms with van der Waals surface area (Å²) in [5.41, 5.74) is 3.08. The summed E-state index contributed by atoms with van der Waals surface area (Å²) >= 11 is 1.96. The molecule has 32 heavy (non-hydrogen) atoms. The fraction of sp³-hybridized carbons (Fsp3) is 0.409. The molecule has 3 heterocycles. The molecule has 0 saturated carbocycles. The predicted octanol–water partition coefficient (Wildman–Crippen LogP) is 3.94. The average molecular weight is 468 g/mol. The summed E-state index contributed by atoms with van der Waals surface area (Å²) in [7, 11) is 0. The van der Waals surface area contributed by atoms with Gasteiger partial charge in [0.25, 0.3) is 5.91 Å². The molecule has 6 nitrogen and oxygen atoms in total. The Balaban J connectivity index is 0.000000360. The van der Waals surface area contributed by atoms with Crippen LogP contribution in [0, 0.1) is 6.92 Å². The van der Waals surface area contributed by atoms with Crippen molar-refractivity contribution in [2.24, 2.45) is 0 Å². The molecule has 0 radical (unpaired) electrons. The summed E-state index contributed by atoms with van der Waals surface area (Å²) in [6, 6.07) is 11.8. The molecule has 2 aromatic rings. The number of hydrogen-bond acceptors (Lipinski definition) is 5. The van der Waals surface area contributed by atoms with Gasteiger partial charge in [-0.15, -0.1) is 11.8 Å². The molecule has 1 atom stereocenters. The van der Waals surface area contributed by atoms with E-state index in [1.807, 2.05) is 60.0 Å². The van der Waals surface area contributed by atoms with Crippen LogP contribution in [0.15, 0.2) is 48.8 Å². The van der Waals surface area contributed by atoms with Gasteiger partial charge in [-0.25, -0.2) is 4.79 Å². The normalized spacial score (nSPS) is 19.1. The minimum atomic E-state index is -5.08. The van der Waals surface area contributed by atoms with Gasteiger partial charge >= 0.3 is 12.1 Å². The second kappa shape index (κ2) is 9.91. The number of carboxylic acid groups (broad SMARTS) is 1. The van der Waals surface area contributed by atoms with Gasteiger partial charge in [0, 0.05) is 36.8 Å². The Labute approximate surface area is 187 Å². The molecule has 172 valence electrons. The number of halogens is 3. The van der Waals surface area contributed by atoms with Gasteiger partial charge in [-0.3, -0.25) is 9.78 Å². The Bertz CT molecular complexity index is 950. The van der Waals surface area contributed by atoms with Crippen molar-refractivity contribution in [1.82, 2.24) is 9.88 Å². The van der Waals surface area contributed by atoms with Crippen LogP contribution in [0.5, 0.6) is 0 Å². The van der Waals surface area contributed by atoms with Crippen LogP contribution in [0.3, 0.4) is 0 Å². The van der Waals surface area contributed by atoms with E-state index in [9.17, 15) is 18.0 Å². The zero-order valence-corrected chi connectivity index (χ0v) is 18.2. The van der Waals surface area contributed by atoms with E-state index in [4.69, 9.17) is 14.6 Å². The zero-order valence-electron chi connectivity index (χ0n) is 17.3. The Kier molecular flexibility index (Phi) is 7.45. The van der Waals surface area contributed by atoms with Gasteiger partial charge in [0.15, 0.2) is 0 Å². The number of alkyl halides is 3. The lowest BCUT2D eigenvalue weighted by atomic mass is 9.92. The number of aromatic nitrogens is 1. The van der Waals surface area contributed by atoms with Gasteiger partial charge in [0.2, 0.25) is 0 Å². The summed E-state index contributed by atoms with van der Waals surface area (Å²) in [4.78, 5) is 27.5. The number of carboxylic acids is 1. The number of carbonyl (C=O) groups excluding carboxylic acids is 1. The Morgan fingerprint density at radius 3 is 2.50 bits per heavy atom. The van der Waals surface area contributed by atoms with Crippen molar-refractivity contribution in [2.75, 3.05) is 18.8 Å². The summed E-state index contributed by atoms with van der Waals surface area (Å²) in [6.07, 6.45) is -0.191. The van der Waals surface area contributed by atoms with Crippen LogP contribution in [0.1, 0.15) is 27.9 Å². The first-order chi connectivity index (χ1) is 15.1. The van der Waals surface area contributed by atoms with Crippen molar-refractivity contribution in [3.63, 3.8) is 0 Å². The van der Waals surface area contributed by atoms with Crippen molar-refractivity contribution in [3.05, 3.63) is 65.5 Å². The van der Waals surface area contributed by atoms with Crippen LogP contribution >= 0.6 is 11.8 Å². The van der Waals surface area contributed by atoms with Crippen LogP contribution in [-0.4, -0.2) is 62.7 Å². The second-order valence-electron chi connectivity index (χ2n) is 7.82. The van der Waals surface area contributed by atoms with Gasteiger partial charge in [-0.05, 0) is 43.2 Å². The number of hydrogen-bond donors (Lipinski definition) is 1. The van der Waals surface area contributed by atoms with Gasteiger partial charge in [-0.1, -0.05) is 17.7 Å². The van der Waals surface area contributed by atoms with Gasteiger partial charge in [-0.2, -0.15) is 13.2 Å². The smallest absolute Gasteiger partial charge is 0.475 e. The molecule has 1 aromatic heterocycles. The number of aryl methyl sites for hydroxylation is 1. The van der Waals surface area contributed by atoms with Crippen LogP contribution in [0.2, 0.25) is 0 Å². The maximum absolute atomic E-state index is 12.6.